The number of ether oxygens (including phenoxy) is 1. The van der Waals surface area contributed by atoms with Crippen LogP contribution >= 0.6 is 0 Å². The molecule has 0 radical (unpaired) electrons. The summed E-state index contributed by atoms with van der Waals surface area (Å²) in [6, 6.07) is 19.3. The normalized spacial score (nSPS) is 13.2. The zero-order valence-electron chi connectivity index (χ0n) is 38.1. The lowest BCUT2D eigenvalue weighted by Crippen LogP contribution is -2.28. The molecule has 0 aliphatic carbocycles. The van der Waals surface area contributed by atoms with Crippen LogP contribution in [0.15, 0.2) is 78.9 Å². The SMILES string of the molecule is COc1nc2c(C(N)=O)cc(F)cc2n1-c1nc(NCc2cccc(F)c2)c2c(n1)N(C)CCC2.Cc1cc2c(C(N)=O)cc(F)cc2n1-c1nc(NCc2cccc(F)c2)c2c(n1)N(C)CCC2. The maximum absolute atomic E-state index is 14.4. The van der Waals surface area contributed by atoms with Crippen molar-refractivity contribution in [3.05, 3.63) is 141 Å². The number of rotatable bonds is 11. The molecule has 0 atom stereocenters. The van der Waals surface area contributed by atoms with E-state index in [1.54, 1.807) is 22.8 Å². The average Bonchev–Trinajstić information content (AvgIpc) is 3.86. The summed E-state index contributed by atoms with van der Waals surface area (Å²) in [5.74, 6) is -0.140. The lowest BCUT2D eigenvalue weighted by atomic mass is 10.1. The van der Waals surface area contributed by atoms with Gasteiger partial charge < -0.3 is 36.6 Å². The number of halogens is 4. The van der Waals surface area contributed by atoms with Gasteiger partial charge in [-0.05, 0) is 92.3 Å². The van der Waals surface area contributed by atoms with Crippen LogP contribution in [0.4, 0.5) is 40.8 Å². The molecule has 4 aromatic carbocycles. The number of aromatic nitrogens is 7. The molecule has 0 bridgehead atoms. The summed E-state index contributed by atoms with van der Waals surface area (Å²) in [5.41, 5.74) is 16.0. The van der Waals surface area contributed by atoms with Gasteiger partial charge in [-0.2, -0.15) is 24.9 Å². The van der Waals surface area contributed by atoms with Gasteiger partial charge in [0.05, 0.1) is 29.3 Å². The number of amides is 2. The maximum atomic E-state index is 14.4. The number of hydrogen-bond acceptors (Lipinski definition) is 12. The Hall–Kier alpha value is -8.29. The second kappa shape index (κ2) is 18.8. The van der Waals surface area contributed by atoms with Crippen LogP contribution in [0.2, 0.25) is 0 Å². The van der Waals surface area contributed by atoms with Gasteiger partial charge in [-0.25, -0.2) is 22.1 Å². The molecule has 69 heavy (non-hydrogen) atoms. The molecule has 8 aromatic rings. The summed E-state index contributed by atoms with van der Waals surface area (Å²) in [6.45, 7) is 4.21. The van der Waals surface area contributed by atoms with Crippen molar-refractivity contribution in [1.29, 1.82) is 0 Å². The minimum absolute atomic E-state index is 0.0718. The number of nitrogens with zero attached hydrogens (tertiary/aromatic N) is 9. The Kier molecular flexibility index (Phi) is 12.5. The fraction of sp³-hybridized carbons (Fsp3) is 0.245. The molecule has 0 saturated heterocycles. The number of methoxy groups -OCH3 is 1. The van der Waals surface area contributed by atoms with Gasteiger partial charge in [0.15, 0.2) is 0 Å². The number of imidazole rings is 1. The summed E-state index contributed by atoms with van der Waals surface area (Å²) < 4.78 is 64.8. The molecule has 6 N–H and O–H groups in total. The van der Waals surface area contributed by atoms with Crippen molar-refractivity contribution in [1.82, 2.24) is 34.1 Å². The van der Waals surface area contributed by atoms with Gasteiger partial charge in [-0.1, -0.05) is 24.3 Å². The van der Waals surface area contributed by atoms with Crippen LogP contribution in [-0.2, 0) is 25.9 Å². The molecule has 2 aliphatic rings. The van der Waals surface area contributed by atoms with Gasteiger partial charge in [-0.15, -0.1) is 0 Å². The van der Waals surface area contributed by atoms with Crippen LogP contribution in [0.3, 0.4) is 0 Å². The third-order valence-electron chi connectivity index (χ3n) is 12.1. The smallest absolute Gasteiger partial charge is 0.304 e. The van der Waals surface area contributed by atoms with Crippen molar-refractivity contribution in [2.24, 2.45) is 11.5 Å². The van der Waals surface area contributed by atoms with E-state index in [1.807, 2.05) is 38.1 Å². The highest BCUT2D eigenvalue weighted by molar-refractivity contribution is 6.06. The van der Waals surface area contributed by atoms with E-state index in [0.717, 1.165) is 84.7 Å². The summed E-state index contributed by atoms with van der Waals surface area (Å²) in [5, 5.41) is 7.18. The maximum Gasteiger partial charge on any atom is 0.304 e. The predicted molar refractivity (Wildman–Crippen MR) is 254 cm³/mol. The number of primary amides is 2. The lowest BCUT2D eigenvalue weighted by molar-refractivity contribution is 0.0993. The molecule has 20 heteroatoms. The highest BCUT2D eigenvalue weighted by atomic mass is 19.1. The first-order chi connectivity index (χ1) is 33.2. The number of benzene rings is 4. The van der Waals surface area contributed by atoms with Crippen molar-refractivity contribution in [3.8, 4) is 17.9 Å². The Bertz CT molecular complexity index is 3320. The minimum Gasteiger partial charge on any atom is -0.468 e. The van der Waals surface area contributed by atoms with Crippen LogP contribution in [0.5, 0.6) is 6.01 Å². The molecular weight excluding hydrogens is 895 g/mol. The molecule has 10 rings (SSSR count). The van der Waals surface area contributed by atoms with Crippen LogP contribution < -0.4 is 36.6 Å². The van der Waals surface area contributed by atoms with Crippen molar-refractivity contribution < 1.29 is 31.9 Å². The number of nitrogens with one attached hydrogen (secondary N) is 2. The number of carbonyl (C=O) groups is 2. The van der Waals surface area contributed by atoms with Gasteiger partial charge >= 0.3 is 6.01 Å². The lowest BCUT2D eigenvalue weighted by Gasteiger charge is -2.28. The van der Waals surface area contributed by atoms with E-state index in [1.165, 1.54) is 48.1 Å². The zero-order valence-corrected chi connectivity index (χ0v) is 38.1. The summed E-state index contributed by atoms with van der Waals surface area (Å²) in [6.07, 6.45) is 3.44. The minimum atomic E-state index is -0.814. The average molecular weight is 942 g/mol. The van der Waals surface area contributed by atoms with E-state index in [0.29, 0.717) is 47.4 Å². The highest BCUT2D eigenvalue weighted by Gasteiger charge is 2.27. The first kappa shape index (κ1) is 45.8. The van der Waals surface area contributed by atoms with Gasteiger partial charge in [-0.3, -0.25) is 14.2 Å². The van der Waals surface area contributed by atoms with Crippen molar-refractivity contribution >= 4 is 57.0 Å². The summed E-state index contributed by atoms with van der Waals surface area (Å²) in [7, 11) is 5.31. The first-order valence-electron chi connectivity index (χ1n) is 22.1. The van der Waals surface area contributed by atoms with E-state index < -0.39 is 23.4 Å². The standard InChI is InChI=1S/C25H24F2N6O.C24H23F2N7O2/c1-14-9-19-20(22(28)34)11-17(27)12-21(19)33(14)25-30-23(18-7-4-8-32(2)24(18)31-25)29-13-15-5-3-6-16(26)10-15;1-32-8-4-7-16-21(28-12-13-5-3-6-14(25)9-13)30-23(31-22(16)32)33-18-11-15(26)10-17(20(27)34)19(18)29-24(33)35-2/h3,5-6,9-12H,4,7-8,13H2,1-2H3,(H2,28,34)(H,29,30,31);3,5-6,9-11H,4,7-8,12H2,1-2H3,(H2,27,34)(H,28,30,31). The number of anilines is 4. The Morgan fingerprint density at radius 1 is 0.638 bits per heavy atom. The highest BCUT2D eigenvalue weighted by Crippen LogP contribution is 2.36. The van der Waals surface area contributed by atoms with Crippen LogP contribution in [0.1, 0.15) is 61.5 Å². The molecule has 6 heterocycles. The fourth-order valence-electron chi connectivity index (χ4n) is 8.88. The number of fused-ring (bicyclic) bond motifs is 4. The van der Waals surface area contributed by atoms with Crippen LogP contribution in [-0.4, -0.2) is 80.2 Å². The fourth-order valence-corrected chi connectivity index (χ4v) is 8.88. The molecule has 0 spiro atoms. The molecular formula is C49H47F4N13O3. The zero-order chi connectivity index (χ0) is 48.7. The van der Waals surface area contributed by atoms with Crippen molar-refractivity contribution in [2.75, 3.05) is 54.7 Å². The van der Waals surface area contributed by atoms with Gasteiger partial charge in [0.2, 0.25) is 17.8 Å². The third kappa shape index (κ3) is 9.11. The molecule has 16 nitrogen and oxygen atoms in total. The van der Waals surface area contributed by atoms with Gasteiger partial charge in [0, 0.05) is 68.5 Å². The van der Waals surface area contributed by atoms with Gasteiger partial charge in [0.25, 0.3) is 5.91 Å². The molecule has 0 unspecified atom stereocenters. The van der Waals surface area contributed by atoms with E-state index in [-0.39, 0.29) is 45.8 Å². The third-order valence-corrected chi connectivity index (χ3v) is 12.1. The second-order valence-corrected chi connectivity index (χ2v) is 16.9. The predicted octanol–water partition coefficient (Wildman–Crippen LogP) is 7.30. The molecule has 2 aliphatic heterocycles. The molecule has 4 aromatic heterocycles. The van der Waals surface area contributed by atoms with E-state index in [4.69, 9.17) is 36.1 Å². The van der Waals surface area contributed by atoms with Gasteiger partial charge in [0.1, 0.15) is 52.1 Å². The van der Waals surface area contributed by atoms with Crippen molar-refractivity contribution in [3.63, 3.8) is 0 Å². The van der Waals surface area contributed by atoms with Crippen LogP contribution in [0, 0.1) is 30.2 Å². The summed E-state index contributed by atoms with van der Waals surface area (Å²) in [4.78, 5) is 51.4. The first-order valence-corrected chi connectivity index (χ1v) is 22.1. The van der Waals surface area contributed by atoms with Crippen LogP contribution in [0.25, 0.3) is 33.8 Å². The largest absolute Gasteiger partial charge is 0.468 e. The summed E-state index contributed by atoms with van der Waals surface area (Å²) >= 11 is 0. The molecule has 0 fully saturated rings. The van der Waals surface area contributed by atoms with Crippen molar-refractivity contribution in [2.45, 2.75) is 45.7 Å². The molecule has 2 amide bonds. The second-order valence-electron chi connectivity index (χ2n) is 16.9. The Morgan fingerprint density at radius 3 is 1.65 bits per heavy atom. The topological polar surface area (TPSA) is 200 Å². The van der Waals surface area contributed by atoms with E-state index in [2.05, 4.69) is 20.5 Å². The Labute approximate surface area is 393 Å². The monoisotopic (exact) mass is 941 g/mol. The number of hydrogen-bond donors (Lipinski definition) is 4. The molecule has 354 valence electrons. The molecule has 0 saturated carbocycles. The Balaban J connectivity index is 0.000000172. The number of aryl methyl sites for hydroxylation is 1. The number of nitrogens with two attached hydrogens (primary N) is 2. The Morgan fingerprint density at radius 2 is 1.14 bits per heavy atom. The quantitative estimate of drug-likeness (QED) is 0.0946. The van der Waals surface area contributed by atoms with E-state index in [9.17, 15) is 27.2 Å². The van der Waals surface area contributed by atoms with E-state index >= 15 is 0 Å². The number of carbonyl (C=O) groups excluding carboxylic acids is 2.